The van der Waals surface area contributed by atoms with Gasteiger partial charge in [-0.1, -0.05) is 12.1 Å². The first-order valence-electron chi connectivity index (χ1n) is 8.86. The number of aliphatic hydroxyl groups excluding tert-OH is 3. The molecule has 158 valence electrons. The number of rotatable bonds is 7. The van der Waals surface area contributed by atoms with Crippen LogP contribution < -0.4 is 14.8 Å². The second-order valence-electron chi connectivity index (χ2n) is 6.41. The van der Waals surface area contributed by atoms with Gasteiger partial charge in [-0.25, -0.2) is 4.39 Å². The average Bonchev–Trinajstić information content (AvgIpc) is 3.21. The maximum atomic E-state index is 13.8. The van der Waals surface area contributed by atoms with Crippen LogP contribution in [0.2, 0.25) is 0 Å². The summed E-state index contributed by atoms with van der Waals surface area (Å²) in [5.74, 6) is 0.421. The predicted octanol–water partition coefficient (Wildman–Crippen LogP) is 0.843. The second kappa shape index (κ2) is 9.51. The number of ether oxygens (including phenoxy) is 3. The van der Waals surface area contributed by atoms with Crippen LogP contribution in [0, 0.1) is 0 Å². The molecule has 10 heteroatoms. The van der Waals surface area contributed by atoms with Gasteiger partial charge in [0.05, 0.1) is 13.7 Å². The van der Waals surface area contributed by atoms with Crippen molar-refractivity contribution in [1.29, 1.82) is 0 Å². The highest BCUT2D eigenvalue weighted by Gasteiger charge is 2.46. The van der Waals surface area contributed by atoms with Gasteiger partial charge in [-0.3, -0.25) is 4.79 Å². The molecule has 1 fully saturated rings. The number of aliphatic hydroxyl groups is 3. The number of carbonyl (C=O) groups excluding carboxylic acids is 1. The fourth-order valence-corrected chi connectivity index (χ4v) is 3.56. The summed E-state index contributed by atoms with van der Waals surface area (Å²) < 4.78 is 29.6. The van der Waals surface area contributed by atoms with E-state index in [0.717, 1.165) is 16.9 Å². The largest absolute Gasteiger partial charge is 0.497 e. The van der Waals surface area contributed by atoms with E-state index >= 15 is 0 Å². The minimum absolute atomic E-state index is 0.118. The van der Waals surface area contributed by atoms with Crippen LogP contribution in [0.4, 0.5) is 4.39 Å². The second-order valence-corrected chi connectivity index (χ2v) is 7.33. The van der Waals surface area contributed by atoms with Crippen LogP contribution in [-0.2, 0) is 11.3 Å². The van der Waals surface area contributed by atoms with Crippen molar-refractivity contribution in [2.75, 3.05) is 13.7 Å². The van der Waals surface area contributed by atoms with Crippen molar-refractivity contribution >= 4 is 17.2 Å². The number of thiophene rings is 1. The van der Waals surface area contributed by atoms with Gasteiger partial charge in [-0.2, -0.15) is 0 Å². The van der Waals surface area contributed by atoms with E-state index in [-0.39, 0.29) is 17.2 Å². The van der Waals surface area contributed by atoms with Crippen LogP contribution in [0.15, 0.2) is 35.7 Å². The lowest BCUT2D eigenvalue weighted by Gasteiger charge is -2.38. The number of alkyl halides is 1. The van der Waals surface area contributed by atoms with Crippen LogP contribution in [0.1, 0.15) is 15.2 Å². The Labute approximate surface area is 170 Å². The summed E-state index contributed by atoms with van der Waals surface area (Å²) in [5, 5.41) is 33.4. The van der Waals surface area contributed by atoms with E-state index in [1.807, 2.05) is 12.1 Å². The van der Waals surface area contributed by atoms with Crippen molar-refractivity contribution in [3.8, 4) is 11.5 Å². The summed E-state index contributed by atoms with van der Waals surface area (Å²) in [5.41, 5.74) is 0.868. The summed E-state index contributed by atoms with van der Waals surface area (Å²) in [6.07, 6.45) is -8.19. The maximum Gasteiger partial charge on any atom is 0.265 e. The summed E-state index contributed by atoms with van der Waals surface area (Å²) in [7, 11) is 1.57. The molecule has 0 spiro atoms. The molecular weight excluding hydrogens is 405 g/mol. The summed E-state index contributed by atoms with van der Waals surface area (Å²) in [6, 6.07) is 8.71. The molecule has 1 aromatic heterocycles. The van der Waals surface area contributed by atoms with Gasteiger partial charge in [0.15, 0.2) is 6.17 Å². The molecule has 2 aromatic rings. The van der Waals surface area contributed by atoms with Gasteiger partial charge < -0.3 is 34.8 Å². The molecule has 1 amide bonds. The number of amides is 1. The number of nitrogens with one attached hydrogen (secondary N) is 1. The van der Waals surface area contributed by atoms with E-state index in [4.69, 9.17) is 14.2 Å². The van der Waals surface area contributed by atoms with E-state index in [2.05, 4.69) is 5.32 Å². The highest BCUT2D eigenvalue weighted by molar-refractivity contribution is 7.12. The first kappa shape index (κ1) is 21.5. The first-order chi connectivity index (χ1) is 13.9. The Kier molecular flexibility index (Phi) is 7.04. The number of benzene rings is 1. The van der Waals surface area contributed by atoms with E-state index < -0.39 is 43.3 Å². The Morgan fingerprint density at radius 2 is 1.97 bits per heavy atom. The summed E-state index contributed by atoms with van der Waals surface area (Å²) in [6.45, 7) is -0.415. The minimum atomic E-state index is -1.95. The number of halogens is 1. The number of carbonyl (C=O) groups is 1. The van der Waals surface area contributed by atoms with Crippen molar-refractivity contribution in [2.24, 2.45) is 0 Å². The predicted molar refractivity (Wildman–Crippen MR) is 102 cm³/mol. The molecule has 29 heavy (non-hydrogen) atoms. The zero-order chi connectivity index (χ0) is 21.0. The Hall–Kier alpha value is -2.24. The molecule has 0 radical (unpaired) electrons. The van der Waals surface area contributed by atoms with Crippen LogP contribution >= 0.6 is 11.3 Å². The molecule has 5 atom stereocenters. The first-order valence-corrected chi connectivity index (χ1v) is 9.74. The topological polar surface area (TPSA) is 117 Å². The van der Waals surface area contributed by atoms with Crippen molar-refractivity contribution in [3.63, 3.8) is 0 Å². The van der Waals surface area contributed by atoms with E-state index in [0.29, 0.717) is 5.75 Å². The Bertz CT molecular complexity index is 813. The zero-order valence-electron chi connectivity index (χ0n) is 15.5. The number of methoxy groups -OCH3 is 1. The molecule has 3 rings (SSSR count). The summed E-state index contributed by atoms with van der Waals surface area (Å²) >= 11 is 1.12. The molecule has 5 unspecified atom stereocenters. The standard InChI is InChI=1S/C19H22FNO7S/c1-26-11-4-2-10(3-5-11)8-21-18(25)17-12(6-7-29-17)27-19-16(24)15(23)14(20)13(9-22)28-19/h2-7,13-16,19,22-24H,8-9H2,1H3,(H,21,25). The molecule has 1 aromatic carbocycles. The van der Waals surface area contributed by atoms with Crippen LogP contribution in [-0.4, -0.2) is 65.7 Å². The van der Waals surface area contributed by atoms with Gasteiger partial charge in [-0.15, -0.1) is 11.3 Å². The van der Waals surface area contributed by atoms with Gasteiger partial charge in [0.25, 0.3) is 5.91 Å². The normalized spacial score (nSPS) is 26.7. The quantitative estimate of drug-likeness (QED) is 0.517. The molecular formula is C19H22FNO7S. The lowest BCUT2D eigenvalue weighted by atomic mass is 10.0. The fraction of sp³-hybridized carbons (Fsp3) is 0.421. The van der Waals surface area contributed by atoms with Gasteiger partial charge in [0.2, 0.25) is 6.29 Å². The molecule has 1 aliphatic rings. The smallest absolute Gasteiger partial charge is 0.265 e. The average molecular weight is 427 g/mol. The Morgan fingerprint density at radius 3 is 2.62 bits per heavy atom. The van der Waals surface area contributed by atoms with Crippen LogP contribution in [0.3, 0.4) is 0 Å². The van der Waals surface area contributed by atoms with Gasteiger partial charge in [0.1, 0.15) is 34.7 Å². The molecule has 1 aliphatic heterocycles. The third-order valence-electron chi connectivity index (χ3n) is 4.49. The minimum Gasteiger partial charge on any atom is -0.497 e. The monoisotopic (exact) mass is 427 g/mol. The zero-order valence-corrected chi connectivity index (χ0v) is 16.3. The van der Waals surface area contributed by atoms with E-state index in [1.165, 1.54) is 6.07 Å². The van der Waals surface area contributed by atoms with Gasteiger partial charge in [0, 0.05) is 6.54 Å². The third kappa shape index (κ3) is 4.85. The number of hydrogen-bond donors (Lipinski definition) is 4. The van der Waals surface area contributed by atoms with E-state index in [1.54, 1.807) is 24.6 Å². The molecule has 0 saturated carbocycles. The Balaban J connectivity index is 1.64. The summed E-state index contributed by atoms with van der Waals surface area (Å²) in [4.78, 5) is 12.8. The van der Waals surface area contributed by atoms with Crippen LogP contribution in [0.25, 0.3) is 0 Å². The van der Waals surface area contributed by atoms with Crippen LogP contribution in [0.5, 0.6) is 11.5 Å². The van der Waals surface area contributed by atoms with Gasteiger partial charge >= 0.3 is 0 Å². The van der Waals surface area contributed by atoms with Gasteiger partial charge in [-0.05, 0) is 29.1 Å². The fourth-order valence-electron chi connectivity index (χ4n) is 2.83. The highest BCUT2D eigenvalue weighted by atomic mass is 32.1. The SMILES string of the molecule is COc1ccc(CNC(=O)c2sccc2OC2OC(CO)C(F)C(O)C2O)cc1. The molecule has 1 saturated heterocycles. The Morgan fingerprint density at radius 1 is 1.24 bits per heavy atom. The molecule has 0 bridgehead atoms. The van der Waals surface area contributed by atoms with Crippen molar-refractivity contribution in [2.45, 2.75) is 37.3 Å². The van der Waals surface area contributed by atoms with E-state index in [9.17, 15) is 24.5 Å². The molecule has 4 N–H and O–H groups in total. The van der Waals surface area contributed by atoms with Crippen molar-refractivity contribution in [1.82, 2.24) is 5.32 Å². The lowest BCUT2D eigenvalue weighted by molar-refractivity contribution is -0.265. The highest BCUT2D eigenvalue weighted by Crippen LogP contribution is 2.30. The third-order valence-corrected chi connectivity index (χ3v) is 5.38. The molecule has 2 heterocycles. The van der Waals surface area contributed by atoms with Crippen molar-refractivity contribution in [3.05, 3.63) is 46.2 Å². The molecule has 8 nitrogen and oxygen atoms in total. The maximum absolute atomic E-state index is 13.8. The lowest BCUT2D eigenvalue weighted by Crippen LogP contribution is -2.58. The van der Waals surface area contributed by atoms with Crippen molar-refractivity contribution < 1.29 is 38.7 Å². The number of hydrogen-bond acceptors (Lipinski definition) is 8. The molecule has 0 aliphatic carbocycles.